The number of carbonyl (C=O) groups excluding carboxylic acids is 1. The standard InChI is InChI=1S/C24H32N4O3S/c29-22(16-32-23-25-21(27-28-23)10-7-17-5-1-2-6-17)26-24(11-3-4-12-24)18-8-9-19-20(15-18)31-14-13-30-19/h8-9,15,17H,1-7,10-14,16H2,(H,26,29)(H,25,27,28). The SMILES string of the molecule is O=C(CSc1n[nH]c(CCC2CCCC2)n1)NC1(c2ccc3c(c2)OCCO3)CCCC1. The Morgan fingerprint density at radius 1 is 1.12 bits per heavy atom. The number of ether oxygens (including phenoxy) is 2. The molecule has 2 heterocycles. The molecule has 32 heavy (non-hydrogen) atoms. The average molecular weight is 457 g/mol. The van der Waals surface area contributed by atoms with Crippen LogP contribution in [0.4, 0.5) is 0 Å². The van der Waals surface area contributed by atoms with Gasteiger partial charge in [-0.2, -0.15) is 0 Å². The maximum atomic E-state index is 12.9. The average Bonchev–Trinajstić information content (AvgIpc) is 3.59. The topological polar surface area (TPSA) is 89.1 Å². The molecule has 1 aromatic heterocycles. The van der Waals surface area contributed by atoms with Crippen LogP contribution in [0.1, 0.15) is 69.2 Å². The number of nitrogens with zero attached hydrogens (tertiary/aromatic N) is 2. The Kier molecular flexibility index (Phi) is 6.57. The highest BCUT2D eigenvalue weighted by Gasteiger charge is 2.37. The molecule has 7 nitrogen and oxygen atoms in total. The van der Waals surface area contributed by atoms with Gasteiger partial charge in [-0.3, -0.25) is 9.89 Å². The fourth-order valence-electron chi connectivity index (χ4n) is 5.33. The van der Waals surface area contributed by atoms with Crippen molar-refractivity contribution in [1.82, 2.24) is 20.5 Å². The second-order valence-electron chi connectivity index (χ2n) is 9.24. The molecule has 0 spiro atoms. The summed E-state index contributed by atoms with van der Waals surface area (Å²) in [7, 11) is 0. The number of hydrogen-bond acceptors (Lipinski definition) is 6. The van der Waals surface area contributed by atoms with E-state index >= 15 is 0 Å². The molecule has 2 N–H and O–H groups in total. The number of rotatable bonds is 8. The molecule has 0 bridgehead atoms. The van der Waals surface area contributed by atoms with Crippen LogP contribution in [0.5, 0.6) is 11.5 Å². The van der Waals surface area contributed by atoms with Gasteiger partial charge in [-0.15, -0.1) is 5.10 Å². The van der Waals surface area contributed by atoms with Crippen molar-refractivity contribution in [3.05, 3.63) is 29.6 Å². The fraction of sp³-hybridized carbons (Fsp3) is 0.625. The van der Waals surface area contributed by atoms with Crippen LogP contribution in [0.15, 0.2) is 23.4 Å². The number of fused-ring (bicyclic) bond motifs is 1. The lowest BCUT2D eigenvalue weighted by molar-refractivity contribution is -0.120. The lowest BCUT2D eigenvalue weighted by atomic mass is 9.87. The molecular weight excluding hydrogens is 424 g/mol. The molecule has 0 saturated heterocycles. The number of aryl methyl sites for hydroxylation is 1. The molecule has 2 fully saturated rings. The highest BCUT2D eigenvalue weighted by Crippen LogP contribution is 2.42. The molecule has 1 amide bonds. The van der Waals surface area contributed by atoms with Crippen molar-refractivity contribution in [3.8, 4) is 11.5 Å². The molecular formula is C24H32N4O3S. The van der Waals surface area contributed by atoms with Crippen LogP contribution in [0, 0.1) is 5.92 Å². The molecule has 3 aliphatic rings. The van der Waals surface area contributed by atoms with E-state index in [9.17, 15) is 4.79 Å². The van der Waals surface area contributed by atoms with Gasteiger partial charge in [0.1, 0.15) is 19.0 Å². The number of aromatic nitrogens is 3. The summed E-state index contributed by atoms with van der Waals surface area (Å²) in [6.07, 6.45) is 11.6. The molecule has 2 saturated carbocycles. The zero-order valence-electron chi connectivity index (χ0n) is 18.5. The molecule has 0 unspecified atom stereocenters. The number of H-pyrrole nitrogens is 1. The molecule has 172 valence electrons. The molecule has 8 heteroatoms. The van der Waals surface area contributed by atoms with Crippen molar-refractivity contribution in [2.75, 3.05) is 19.0 Å². The zero-order chi connectivity index (χ0) is 21.8. The Bertz CT molecular complexity index is 935. The highest BCUT2D eigenvalue weighted by molar-refractivity contribution is 7.99. The van der Waals surface area contributed by atoms with E-state index in [4.69, 9.17) is 9.47 Å². The Balaban J connectivity index is 1.17. The Labute approximate surface area is 193 Å². The van der Waals surface area contributed by atoms with Gasteiger partial charge in [-0.05, 0) is 42.9 Å². The van der Waals surface area contributed by atoms with Crippen molar-refractivity contribution in [1.29, 1.82) is 0 Å². The van der Waals surface area contributed by atoms with Crippen molar-refractivity contribution in [2.24, 2.45) is 5.92 Å². The fourth-order valence-corrected chi connectivity index (χ4v) is 5.95. The van der Waals surface area contributed by atoms with Crippen molar-refractivity contribution in [3.63, 3.8) is 0 Å². The second-order valence-corrected chi connectivity index (χ2v) is 10.2. The number of nitrogens with one attached hydrogen (secondary N) is 2. The van der Waals surface area contributed by atoms with Gasteiger partial charge < -0.3 is 14.8 Å². The van der Waals surface area contributed by atoms with Gasteiger partial charge in [0.15, 0.2) is 11.5 Å². The minimum atomic E-state index is -0.334. The third-order valence-corrected chi connectivity index (χ3v) is 7.89. The van der Waals surface area contributed by atoms with E-state index in [0.717, 1.165) is 60.9 Å². The Morgan fingerprint density at radius 3 is 2.72 bits per heavy atom. The molecule has 2 aromatic rings. The van der Waals surface area contributed by atoms with Crippen LogP contribution >= 0.6 is 11.8 Å². The largest absolute Gasteiger partial charge is 0.486 e. The summed E-state index contributed by atoms with van der Waals surface area (Å²) in [6.45, 7) is 1.14. The zero-order valence-corrected chi connectivity index (χ0v) is 19.3. The van der Waals surface area contributed by atoms with Gasteiger partial charge in [0, 0.05) is 6.42 Å². The maximum absolute atomic E-state index is 12.9. The van der Waals surface area contributed by atoms with Gasteiger partial charge in [0.05, 0.1) is 11.3 Å². The van der Waals surface area contributed by atoms with Gasteiger partial charge in [0.2, 0.25) is 11.1 Å². The third-order valence-electron chi connectivity index (χ3n) is 7.04. The summed E-state index contributed by atoms with van der Waals surface area (Å²) in [5.41, 5.74) is 0.767. The summed E-state index contributed by atoms with van der Waals surface area (Å²) < 4.78 is 11.4. The van der Waals surface area contributed by atoms with E-state index in [2.05, 4.69) is 26.6 Å². The predicted molar refractivity (Wildman–Crippen MR) is 123 cm³/mol. The van der Waals surface area contributed by atoms with E-state index in [0.29, 0.717) is 24.1 Å². The third kappa shape index (κ3) is 4.90. The van der Waals surface area contributed by atoms with Gasteiger partial charge in [0.25, 0.3) is 0 Å². The van der Waals surface area contributed by atoms with Crippen molar-refractivity contribution >= 4 is 17.7 Å². The van der Waals surface area contributed by atoms with E-state index in [1.54, 1.807) is 0 Å². The molecule has 0 radical (unpaired) electrons. The molecule has 1 aliphatic heterocycles. The van der Waals surface area contributed by atoms with E-state index in [1.807, 2.05) is 12.1 Å². The number of benzene rings is 1. The molecule has 1 aromatic carbocycles. The lowest BCUT2D eigenvalue weighted by Gasteiger charge is -2.32. The summed E-state index contributed by atoms with van der Waals surface area (Å²) in [5.74, 6) is 3.65. The van der Waals surface area contributed by atoms with Crippen LogP contribution in [-0.4, -0.2) is 40.1 Å². The minimum absolute atomic E-state index is 0.0177. The van der Waals surface area contributed by atoms with Crippen molar-refractivity contribution < 1.29 is 14.3 Å². The first kappa shape index (κ1) is 21.6. The summed E-state index contributed by atoms with van der Waals surface area (Å²) in [6, 6.07) is 6.07. The summed E-state index contributed by atoms with van der Waals surface area (Å²) in [5, 5.41) is 11.3. The second kappa shape index (κ2) is 9.73. The van der Waals surface area contributed by atoms with Gasteiger partial charge in [-0.25, -0.2) is 4.98 Å². The Hall–Kier alpha value is -2.22. The smallest absolute Gasteiger partial charge is 0.231 e. The molecule has 2 aliphatic carbocycles. The van der Waals surface area contributed by atoms with Gasteiger partial charge >= 0.3 is 0 Å². The number of thioether (sulfide) groups is 1. The monoisotopic (exact) mass is 456 g/mol. The first-order chi connectivity index (χ1) is 15.7. The lowest BCUT2D eigenvalue weighted by Crippen LogP contribution is -2.44. The quantitative estimate of drug-likeness (QED) is 0.573. The Morgan fingerprint density at radius 2 is 1.91 bits per heavy atom. The number of carbonyl (C=O) groups is 1. The van der Waals surface area contributed by atoms with Crippen LogP contribution in [0.2, 0.25) is 0 Å². The minimum Gasteiger partial charge on any atom is -0.486 e. The number of aromatic amines is 1. The van der Waals surface area contributed by atoms with Crippen LogP contribution in [0.3, 0.4) is 0 Å². The van der Waals surface area contributed by atoms with Crippen LogP contribution < -0.4 is 14.8 Å². The van der Waals surface area contributed by atoms with E-state index in [1.165, 1.54) is 43.9 Å². The maximum Gasteiger partial charge on any atom is 0.231 e. The number of hydrogen-bond donors (Lipinski definition) is 2. The predicted octanol–water partition coefficient (Wildman–Crippen LogP) is 4.38. The van der Waals surface area contributed by atoms with E-state index in [-0.39, 0.29) is 11.4 Å². The number of amides is 1. The van der Waals surface area contributed by atoms with Crippen molar-refractivity contribution in [2.45, 2.75) is 74.9 Å². The molecule has 5 rings (SSSR count). The first-order valence-electron chi connectivity index (χ1n) is 12.0. The van der Waals surface area contributed by atoms with Crippen LogP contribution in [0.25, 0.3) is 0 Å². The normalized spacial score (nSPS) is 19.9. The van der Waals surface area contributed by atoms with Gasteiger partial charge in [-0.1, -0.05) is 56.4 Å². The molecule has 0 atom stereocenters. The summed E-state index contributed by atoms with van der Waals surface area (Å²) in [4.78, 5) is 17.5. The highest BCUT2D eigenvalue weighted by atomic mass is 32.2. The summed E-state index contributed by atoms with van der Waals surface area (Å²) >= 11 is 1.40. The first-order valence-corrected chi connectivity index (χ1v) is 12.9. The van der Waals surface area contributed by atoms with E-state index < -0.39 is 0 Å². The van der Waals surface area contributed by atoms with Crippen LogP contribution in [-0.2, 0) is 16.8 Å².